The fourth-order valence-electron chi connectivity index (χ4n) is 2.76. The van der Waals surface area contributed by atoms with Gasteiger partial charge in [0.15, 0.2) is 11.6 Å². The van der Waals surface area contributed by atoms with Crippen LogP contribution in [0.5, 0.6) is 0 Å². The van der Waals surface area contributed by atoms with Gasteiger partial charge in [0.1, 0.15) is 5.82 Å². The molecule has 3 aromatic rings. The van der Waals surface area contributed by atoms with Gasteiger partial charge < -0.3 is 16.0 Å². The average molecular weight is 551 g/mol. The molecule has 0 radical (unpaired) electrons. The summed E-state index contributed by atoms with van der Waals surface area (Å²) in [6, 6.07) is 12.8. The minimum atomic E-state index is -1.29. The predicted octanol–water partition coefficient (Wildman–Crippen LogP) is 5.51. The minimum Gasteiger partial charge on any atom is -0.350 e. The number of halogens is 4. The molecule has 0 aliphatic rings. The highest BCUT2D eigenvalue weighted by Crippen LogP contribution is 2.28. The van der Waals surface area contributed by atoms with Gasteiger partial charge in [-0.3, -0.25) is 9.59 Å². The lowest BCUT2D eigenvalue weighted by molar-refractivity contribution is -0.111. The summed E-state index contributed by atoms with van der Waals surface area (Å²) in [6.07, 6.45) is 1.14. The van der Waals surface area contributed by atoms with E-state index in [4.69, 9.17) is 0 Å². The molecule has 164 valence electrons. The second-order valence-corrected chi connectivity index (χ2v) is 7.85. The second-order valence-electron chi connectivity index (χ2n) is 6.61. The van der Waals surface area contributed by atoms with E-state index in [1.165, 1.54) is 12.1 Å². The first-order valence-electron chi connectivity index (χ1n) is 9.29. The standard InChI is InChI=1S/C23H17F3IN3O2/c1-2-20(31)29-15-6-3-13(4-7-15)12-28-23(32)16-8-9-17(24)21(26)22(16)30-19-10-5-14(27)11-18(19)25/h2-11,30H,1,12H2,(H,28,32)(H,29,31). The van der Waals surface area contributed by atoms with Crippen LogP contribution < -0.4 is 16.0 Å². The van der Waals surface area contributed by atoms with Gasteiger partial charge in [0.2, 0.25) is 5.91 Å². The monoisotopic (exact) mass is 551 g/mol. The largest absolute Gasteiger partial charge is 0.350 e. The van der Waals surface area contributed by atoms with Crippen molar-refractivity contribution in [2.45, 2.75) is 6.54 Å². The lowest BCUT2D eigenvalue weighted by Crippen LogP contribution is -2.24. The summed E-state index contributed by atoms with van der Waals surface area (Å²) in [6.45, 7) is 3.46. The first-order chi connectivity index (χ1) is 15.3. The van der Waals surface area contributed by atoms with Crippen LogP contribution in [0, 0.1) is 21.0 Å². The number of benzene rings is 3. The van der Waals surface area contributed by atoms with Crippen LogP contribution in [-0.4, -0.2) is 11.8 Å². The zero-order valence-electron chi connectivity index (χ0n) is 16.5. The van der Waals surface area contributed by atoms with E-state index in [9.17, 15) is 22.8 Å². The van der Waals surface area contributed by atoms with E-state index in [0.29, 0.717) is 14.8 Å². The summed E-state index contributed by atoms with van der Waals surface area (Å²) in [5.41, 5.74) is 0.510. The molecule has 3 aromatic carbocycles. The van der Waals surface area contributed by atoms with Crippen molar-refractivity contribution in [1.29, 1.82) is 0 Å². The van der Waals surface area contributed by atoms with Gasteiger partial charge >= 0.3 is 0 Å². The van der Waals surface area contributed by atoms with Crippen molar-refractivity contribution in [1.82, 2.24) is 5.32 Å². The Morgan fingerprint density at radius 1 is 0.969 bits per heavy atom. The van der Waals surface area contributed by atoms with E-state index < -0.39 is 29.0 Å². The van der Waals surface area contributed by atoms with Crippen molar-refractivity contribution in [3.8, 4) is 0 Å². The minimum absolute atomic E-state index is 0.0881. The van der Waals surface area contributed by atoms with Crippen molar-refractivity contribution in [2.75, 3.05) is 10.6 Å². The number of carbonyl (C=O) groups excluding carboxylic acids is 2. The van der Waals surface area contributed by atoms with Crippen LogP contribution in [0.3, 0.4) is 0 Å². The summed E-state index contributed by atoms with van der Waals surface area (Å²) < 4.78 is 43.1. The van der Waals surface area contributed by atoms with Crippen LogP contribution in [-0.2, 0) is 11.3 Å². The molecule has 0 heterocycles. The number of hydrogen-bond acceptors (Lipinski definition) is 3. The maximum absolute atomic E-state index is 14.5. The van der Waals surface area contributed by atoms with Crippen molar-refractivity contribution >= 4 is 51.5 Å². The van der Waals surface area contributed by atoms with Crippen LogP contribution in [0.2, 0.25) is 0 Å². The molecule has 0 spiro atoms. The SMILES string of the molecule is C=CC(=O)Nc1ccc(CNC(=O)c2ccc(F)c(F)c2Nc2ccc(I)cc2F)cc1. The molecule has 9 heteroatoms. The number of hydrogen-bond donors (Lipinski definition) is 3. The first kappa shape index (κ1) is 23.3. The molecule has 0 unspecified atom stereocenters. The Labute approximate surface area is 195 Å². The number of nitrogens with one attached hydrogen (secondary N) is 3. The normalized spacial score (nSPS) is 10.4. The lowest BCUT2D eigenvalue weighted by atomic mass is 10.1. The fraction of sp³-hybridized carbons (Fsp3) is 0.0435. The Kier molecular flexibility index (Phi) is 7.52. The molecule has 5 nitrogen and oxygen atoms in total. The lowest BCUT2D eigenvalue weighted by Gasteiger charge is -2.15. The van der Waals surface area contributed by atoms with Crippen molar-refractivity contribution in [3.63, 3.8) is 0 Å². The molecule has 32 heavy (non-hydrogen) atoms. The third-order valence-corrected chi connectivity index (χ3v) is 5.06. The van der Waals surface area contributed by atoms with Gasteiger partial charge in [-0.05, 0) is 76.7 Å². The van der Waals surface area contributed by atoms with Crippen LogP contribution in [0.4, 0.5) is 30.2 Å². The zero-order chi connectivity index (χ0) is 23.3. The molecular formula is C23H17F3IN3O2. The smallest absolute Gasteiger partial charge is 0.253 e. The van der Waals surface area contributed by atoms with Gasteiger partial charge in [0.05, 0.1) is 16.9 Å². The van der Waals surface area contributed by atoms with Crippen molar-refractivity contribution in [2.24, 2.45) is 0 Å². The maximum atomic E-state index is 14.5. The van der Waals surface area contributed by atoms with Crippen LogP contribution in [0.25, 0.3) is 0 Å². The molecular weight excluding hydrogens is 534 g/mol. The summed E-state index contributed by atoms with van der Waals surface area (Å²) >= 11 is 1.92. The Morgan fingerprint density at radius 2 is 1.69 bits per heavy atom. The highest BCUT2D eigenvalue weighted by Gasteiger charge is 2.20. The summed E-state index contributed by atoms with van der Waals surface area (Å²) in [4.78, 5) is 24.0. The van der Waals surface area contributed by atoms with Crippen LogP contribution in [0.1, 0.15) is 15.9 Å². The number of rotatable bonds is 7. The Balaban J connectivity index is 1.77. The molecule has 0 bridgehead atoms. The van der Waals surface area contributed by atoms with E-state index in [2.05, 4.69) is 22.5 Å². The van der Waals surface area contributed by atoms with Gasteiger partial charge in [-0.2, -0.15) is 0 Å². The molecule has 3 N–H and O–H groups in total. The molecule has 0 fully saturated rings. The van der Waals surface area contributed by atoms with Gasteiger partial charge in [-0.15, -0.1) is 0 Å². The molecule has 0 saturated carbocycles. The summed E-state index contributed by atoms with van der Waals surface area (Å²) in [5, 5.41) is 7.70. The zero-order valence-corrected chi connectivity index (χ0v) is 18.7. The third kappa shape index (κ3) is 5.67. The molecule has 0 atom stereocenters. The maximum Gasteiger partial charge on any atom is 0.253 e. The Bertz CT molecular complexity index is 1180. The van der Waals surface area contributed by atoms with Gasteiger partial charge in [-0.1, -0.05) is 18.7 Å². The first-order valence-corrected chi connectivity index (χ1v) is 10.4. The van der Waals surface area contributed by atoms with E-state index in [-0.39, 0.29) is 23.7 Å². The van der Waals surface area contributed by atoms with Crippen molar-refractivity contribution < 1.29 is 22.8 Å². The predicted molar refractivity (Wildman–Crippen MR) is 125 cm³/mol. The topological polar surface area (TPSA) is 70.2 Å². The fourth-order valence-corrected chi connectivity index (χ4v) is 3.22. The van der Waals surface area contributed by atoms with Crippen LogP contribution >= 0.6 is 22.6 Å². The summed E-state index contributed by atoms with van der Waals surface area (Å²) in [5.74, 6) is -4.17. The molecule has 0 saturated heterocycles. The molecule has 0 aromatic heterocycles. The van der Waals surface area contributed by atoms with E-state index in [1.807, 2.05) is 22.6 Å². The summed E-state index contributed by atoms with van der Waals surface area (Å²) in [7, 11) is 0. The highest BCUT2D eigenvalue weighted by atomic mass is 127. The average Bonchev–Trinajstić information content (AvgIpc) is 2.77. The van der Waals surface area contributed by atoms with Gasteiger partial charge in [0, 0.05) is 15.8 Å². The van der Waals surface area contributed by atoms with Crippen LogP contribution in [0.15, 0.2) is 67.3 Å². The van der Waals surface area contributed by atoms with E-state index >= 15 is 0 Å². The van der Waals surface area contributed by atoms with Crippen molar-refractivity contribution in [3.05, 3.63) is 99.4 Å². The second kappa shape index (κ2) is 10.3. The molecule has 0 aliphatic carbocycles. The quantitative estimate of drug-likeness (QED) is 0.268. The van der Waals surface area contributed by atoms with Gasteiger partial charge in [-0.25, -0.2) is 13.2 Å². The van der Waals surface area contributed by atoms with E-state index in [1.54, 1.807) is 30.3 Å². The third-order valence-electron chi connectivity index (χ3n) is 4.39. The highest BCUT2D eigenvalue weighted by molar-refractivity contribution is 14.1. The van der Waals surface area contributed by atoms with Gasteiger partial charge in [0.25, 0.3) is 5.91 Å². The number of amides is 2. The van der Waals surface area contributed by atoms with E-state index in [0.717, 1.165) is 18.2 Å². The molecule has 2 amide bonds. The molecule has 0 aliphatic heterocycles. The number of anilines is 3. The number of carbonyl (C=O) groups is 2. The molecule has 3 rings (SSSR count). The Hall–Kier alpha value is -3.34. The Morgan fingerprint density at radius 3 is 2.34 bits per heavy atom.